The molecule has 0 aliphatic carbocycles. The van der Waals surface area contributed by atoms with E-state index in [4.69, 9.17) is 15.6 Å². The maximum Gasteiger partial charge on any atom is 0.512 e. The largest absolute Gasteiger partial charge is 0.512 e. The number of hydrogen-bond donors (Lipinski definition) is 4. The molecule has 5 N–H and O–H groups in total. The number of carbonyl (C=O) groups excluding carboxylic acids is 1. The number of thioether (sulfide) groups is 1. The molecule has 0 radical (unpaired) electrons. The molecule has 0 saturated carbocycles. The second-order valence-electron chi connectivity index (χ2n) is 8.50. The molecule has 152 valence electrons. The van der Waals surface area contributed by atoms with Crippen molar-refractivity contribution in [3.8, 4) is 0 Å². The van der Waals surface area contributed by atoms with Crippen molar-refractivity contribution in [2.45, 2.75) is 63.5 Å². The lowest BCUT2D eigenvalue weighted by Crippen LogP contribution is -2.61. The number of β-lactam (4-membered cyclic amide) rings is 1. The fraction of sp³-hybridized carbons (Fsp3) is 0.778. The highest BCUT2D eigenvalue weighted by Gasteiger charge is 2.57. The van der Waals surface area contributed by atoms with Gasteiger partial charge in [0.15, 0.2) is 0 Å². The van der Waals surface area contributed by atoms with Gasteiger partial charge in [0.2, 0.25) is 11.8 Å². The van der Waals surface area contributed by atoms with Crippen LogP contribution < -0.4 is 11.1 Å². The number of aliphatic hydroxyl groups is 1. The van der Waals surface area contributed by atoms with Crippen molar-refractivity contribution < 1.29 is 24.5 Å². The molecule has 0 aromatic heterocycles. The zero-order valence-electron chi connectivity index (χ0n) is 16.0. The number of amides is 1. The smallest absolute Gasteiger partial charge is 0.449 e. The molecule has 5 atom stereocenters. The highest BCUT2D eigenvalue weighted by molar-refractivity contribution is 8.03. The van der Waals surface area contributed by atoms with Crippen LogP contribution in [-0.2, 0) is 9.53 Å². The Morgan fingerprint density at radius 3 is 2.81 bits per heavy atom. The Balaban J connectivity index is 1.67. The zero-order chi connectivity index (χ0) is 19.9. The second kappa shape index (κ2) is 7.62. The molecule has 0 bridgehead atoms. The lowest BCUT2D eigenvalue weighted by molar-refractivity contribution is -0.160. The molecule has 0 aromatic rings. The maximum absolute atomic E-state index is 12.3. The molecule has 9 heteroatoms. The molecule has 2 saturated heterocycles. The molecule has 3 aliphatic heterocycles. The standard InChI is InChI=1S/C18H29N3O5S/c1-9(22)14-12-5-13(16(26-17(24)25)21(12)15(14)23)27-11-4-10(20-7-11)6-18(2,3)8-19/h9-12,14,20,22H,4-8,19H2,1-3H3,(H,24,25)/t9-,10+,11+,12-,14-/m1/s1. The van der Waals surface area contributed by atoms with Gasteiger partial charge in [0.05, 0.1) is 18.1 Å². The molecule has 3 rings (SSSR count). The maximum atomic E-state index is 12.3. The Kier molecular flexibility index (Phi) is 5.77. The Hall–Kier alpha value is -1.29. The molecule has 2 fully saturated rings. The molecule has 0 aromatic carbocycles. The molecule has 3 aliphatic rings. The van der Waals surface area contributed by atoms with Gasteiger partial charge in [-0.05, 0) is 31.7 Å². The third-order valence-corrected chi connectivity index (χ3v) is 6.98. The summed E-state index contributed by atoms with van der Waals surface area (Å²) in [7, 11) is 0. The van der Waals surface area contributed by atoms with Crippen molar-refractivity contribution in [3.05, 3.63) is 10.8 Å². The number of carbonyl (C=O) groups is 2. The van der Waals surface area contributed by atoms with Crippen LogP contribution in [0.3, 0.4) is 0 Å². The topological polar surface area (TPSA) is 125 Å². The van der Waals surface area contributed by atoms with Crippen LogP contribution in [0.1, 0.15) is 40.0 Å². The van der Waals surface area contributed by atoms with Crippen LogP contribution in [0.15, 0.2) is 10.8 Å². The minimum Gasteiger partial charge on any atom is -0.449 e. The summed E-state index contributed by atoms with van der Waals surface area (Å²) < 4.78 is 4.95. The van der Waals surface area contributed by atoms with Crippen molar-refractivity contribution in [2.75, 3.05) is 13.1 Å². The van der Waals surface area contributed by atoms with Gasteiger partial charge in [-0.15, -0.1) is 11.8 Å². The summed E-state index contributed by atoms with van der Waals surface area (Å²) in [5.74, 6) is -0.630. The van der Waals surface area contributed by atoms with Crippen molar-refractivity contribution in [3.63, 3.8) is 0 Å². The number of hydrogen-bond acceptors (Lipinski definition) is 7. The van der Waals surface area contributed by atoms with E-state index in [-0.39, 0.29) is 28.5 Å². The molecule has 8 nitrogen and oxygen atoms in total. The first-order valence-corrected chi connectivity index (χ1v) is 10.3. The Morgan fingerprint density at radius 1 is 1.52 bits per heavy atom. The van der Waals surface area contributed by atoms with Gasteiger partial charge in [-0.3, -0.25) is 9.69 Å². The van der Waals surface area contributed by atoms with E-state index in [2.05, 4.69) is 19.2 Å². The number of aliphatic hydroxyl groups excluding tert-OH is 1. The molecule has 0 unspecified atom stereocenters. The third kappa shape index (κ3) is 4.11. The van der Waals surface area contributed by atoms with Crippen LogP contribution in [0.4, 0.5) is 4.79 Å². The molecular weight excluding hydrogens is 370 g/mol. The van der Waals surface area contributed by atoms with E-state index in [0.29, 0.717) is 19.0 Å². The van der Waals surface area contributed by atoms with Crippen LogP contribution >= 0.6 is 11.8 Å². The fourth-order valence-corrected chi connectivity index (χ4v) is 5.66. The minimum absolute atomic E-state index is 0.0726. The first-order chi connectivity index (χ1) is 12.6. The molecular formula is C18H29N3O5S. The second-order valence-corrected chi connectivity index (χ2v) is 9.89. The van der Waals surface area contributed by atoms with Crippen LogP contribution in [0.2, 0.25) is 0 Å². The van der Waals surface area contributed by atoms with Gasteiger partial charge in [-0.25, -0.2) is 4.79 Å². The molecule has 3 heterocycles. The van der Waals surface area contributed by atoms with Crippen molar-refractivity contribution in [1.29, 1.82) is 0 Å². The normalized spacial score (nSPS) is 31.7. The number of fused-ring (bicyclic) bond motifs is 1. The van der Waals surface area contributed by atoms with Crippen molar-refractivity contribution in [1.82, 2.24) is 10.2 Å². The summed E-state index contributed by atoms with van der Waals surface area (Å²) in [5, 5.41) is 22.7. The van der Waals surface area contributed by atoms with E-state index in [9.17, 15) is 14.7 Å². The SMILES string of the molecule is C[C@@H](O)[C@H]1C(=O)N2C(OC(=O)O)=C(S[C@@H]3CN[C@H](CC(C)(C)CN)C3)C[C@H]12. The van der Waals surface area contributed by atoms with Gasteiger partial charge in [0.1, 0.15) is 0 Å². The molecule has 1 amide bonds. The first kappa shape index (κ1) is 20.4. The van der Waals surface area contributed by atoms with E-state index < -0.39 is 18.2 Å². The molecule has 0 spiro atoms. The summed E-state index contributed by atoms with van der Waals surface area (Å²) in [4.78, 5) is 25.6. The summed E-state index contributed by atoms with van der Waals surface area (Å²) in [6.07, 6.45) is 0.282. The predicted molar refractivity (Wildman–Crippen MR) is 102 cm³/mol. The highest BCUT2D eigenvalue weighted by Crippen LogP contribution is 2.49. The van der Waals surface area contributed by atoms with Gasteiger partial charge in [-0.2, -0.15) is 0 Å². The number of nitrogens with one attached hydrogen (secondary N) is 1. The van der Waals surface area contributed by atoms with Crippen LogP contribution in [0.5, 0.6) is 0 Å². The van der Waals surface area contributed by atoms with E-state index >= 15 is 0 Å². The summed E-state index contributed by atoms with van der Waals surface area (Å²) >= 11 is 1.59. The minimum atomic E-state index is -1.43. The number of nitrogens with zero attached hydrogens (tertiary/aromatic N) is 1. The first-order valence-electron chi connectivity index (χ1n) is 9.38. The van der Waals surface area contributed by atoms with Crippen LogP contribution in [0.25, 0.3) is 0 Å². The lowest BCUT2D eigenvalue weighted by atomic mass is 9.84. The van der Waals surface area contributed by atoms with Crippen molar-refractivity contribution >= 4 is 23.8 Å². The average molecular weight is 400 g/mol. The monoisotopic (exact) mass is 399 g/mol. The van der Waals surface area contributed by atoms with Crippen molar-refractivity contribution in [2.24, 2.45) is 17.1 Å². The van der Waals surface area contributed by atoms with E-state index in [0.717, 1.165) is 24.3 Å². The van der Waals surface area contributed by atoms with Gasteiger partial charge in [0.25, 0.3) is 0 Å². The zero-order valence-corrected chi connectivity index (χ0v) is 16.8. The average Bonchev–Trinajstić information content (AvgIpc) is 3.09. The Bertz CT molecular complexity index is 651. The number of nitrogens with two attached hydrogens (primary N) is 1. The number of rotatable bonds is 7. The van der Waals surface area contributed by atoms with E-state index in [1.165, 1.54) is 4.90 Å². The summed E-state index contributed by atoms with van der Waals surface area (Å²) in [6, 6.07) is 0.159. The number of carboxylic acid groups (broad SMARTS) is 1. The molecule has 27 heavy (non-hydrogen) atoms. The quantitative estimate of drug-likeness (QED) is 0.373. The summed E-state index contributed by atoms with van der Waals surface area (Å²) in [5.41, 5.74) is 5.91. The van der Waals surface area contributed by atoms with E-state index in [1.54, 1.807) is 18.7 Å². The highest BCUT2D eigenvalue weighted by atomic mass is 32.2. The van der Waals surface area contributed by atoms with Gasteiger partial charge >= 0.3 is 6.16 Å². The fourth-order valence-electron chi connectivity index (χ4n) is 4.24. The van der Waals surface area contributed by atoms with Crippen LogP contribution in [0, 0.1) is 11.3 Å². The van der Waals surface area contributed by atoms with E-state index in [1.807, 2.05) is 0 Å². The Morgan fingerprint density at radius 2 is 2.22 bits per heavy atom. The summed E-state index contributed by atoms with van der Waals surface area (Å²) in [6.45, 7) is 7.34. The van der Waals surface area contributed by atoms with Crippen LogP contribution in [-0.4, -0.2) is 63.7 Å². The third-order valence-electron chi connectivity index (χ3n) is 5.67. The lowest BCUT2D eigenvalue weighted by Gasteiger charge is -2.44. The van der Waals surface area contributed by atoms with Gasteiger partial charge < -0.3 is 26.0 Å². The Labute approximate surface area is 163 Å². The number of ether oxygens (including phenoxy) is 1. The predicted octanol–water partition coefficient (Wildman–Crippen LogP) is 1.30. The van der Waals surface area contributed by atoms with Gasteiger partial charge in [0, 0.05) is 29.2 Å². The van der Waals surface area contributed by atoms with Gasteiger partial charge in [-0.1, -0.05) is 13.8 Å².